The van der Waals surface area contributed by atoms with Crippen LogP contribution in [-0.4, -0.2) is 22.6 Å². The molecule has 2 aliphatic carbocycles. The third kappa shape index (κ3) is 3.38. The third-order valence-electron chi connectivity index (χ3n) is 5.22. The fourth-order valence-electron chi connectivity index (χ4n) is 3.60. The molecule has 1 amide bonds. The summed E-state index contributed by atoms with van der Waals surface area (Å²) in [6, 6.07) is 4.31. The molecule has 2 aliphatic rings. The molecule has 0 aliphatic heterocycles. The van der Waals surface area contributed by atoms with Gasteiger partial charge in [0.2, 0.25) is 11.8 Å². The van der Waals surface area contributed by atoms with Gasteiger partial charge < -0.3 is 9.84 Å². The minimum Gasteiger partial charge on any atom is -0.355 e. The maximum Gasteiger partial charge on any atom is 0.227 e. The van der Waals surface area contributed by atoms with Crippen LogP contribution in [0.2, 0.25) is 0 Å². The van der Waals surface area contributed by atoms with Crippen molar-refractivity contribution in [3.8, 4) is 0 Å². The van der Waals surface area contributed by atoms with Gasteiger partial charge in [0.05, 0.1) is 0 Å². The average molecular weight is 345 g/mol. The Bertz CT molecular complexity index is 685. The van der Waals surface area contributed by atoms with Gasteiger partial charge in [0.15, 0.2) is 5.82 Å². The van der Waals surface area contributed by atoms with E-state index >= 15 is 0 Å². The fraction of sp³-hybridized carbons (Fsp3) is 0.611. The monoisotopic (exact) mass is 345 g/mol. The van der Waals surface area contributed by atoms with E-state index in [2.05, 4.69) is 33.0 Å². The number of carbonyl (C=O) groups is 1. The molecule has 0 spiro atoms. The first-order valence-electron chi connectivity index (χ1n) is 8.88. The van der Waals surface area contributed by atoms with Crippen LogP contribution in [0.15, 0.2) is 22.0 Å². The van der Waals surface area contributed by atoms with E-state index in [1.807, 2.05) is 11.3 Å². The molecule has 1 N–H and O–H groups in total. The molecule has 0 unspecified atom stereocenters. The molecular weight excluding hydrogens is 322 g/mol. The third-order valence-corrected chi connectivity index (χ3v) is 6.34. The first-order chi connectivity index (χ1) is 11.8. The minimum absolute atomic E-state index is 0.0732. The van der Waals surface area contributed by atoms with Crippen molar-refractivity contribution in [3.05, 3.63) is 34.1 Å². The van der Waals surface area contributed by atoms with E-state index in [1.165, 1.54) is 30.6 Å². The second-order valence-corrected chi connectivity index (χ2v) is 8.01. The van der Waals surface area contributed by atoms with E-state index < -0.39 is 0 Å². The van der Waals surface area contributed by atoms with Crippen LogP contribution in [0.3, 0.4) is 0 Å². The lowest BCUT2D eigenvalue weighted by Gasteiger charge is -2.28. The number of amides is 1. The van der Waals surface area contributed by atoms with Crippen LogP contribution in [0.1, 0.15) is 67.5 Å². The minimum atomic E-state index is 0.0732. The van der Waals surface area contributed by atoms with Crippen LogP contribution in [-0.2, 0) is 16.6 Å². The molecule has 4 rings (SSSR count). The Morgan fingerprint density at radius 3 is 2.92 bits per heavy atom. The highest BCUT2D eigenvalue weighted by Crippen LogP contribution is 2.42. The number of aryl methyl sites for hydroxylation is 1. The molecule has 6 heteroatoms. The summed E-state index contributed by atoms with van der Waals surface area (Å²) >= 11 is 1.81. The van der Waals surface area contributed by atoms with Crippen molar-refractivity contribution in [2.24, 2.45) is 0 Å². The number of thiophene rings is 1. The Morgan fingerprint density at radius 1 is 1.38 bits per heavy atom. The fourth-order valence-corrected chi connectivity index (χ4v) is 4.58. The molecule has 0 saturated heterocycles. The molecule has 24 heavy (non-hydrogen) atoms. The molecule has 2 aromatic heterocycles. The van der Waals surface area contributed by atoms with Gasteiger partial charge in [-0.2, -0.15) is 4.98 Å². The highest BCUT2D eigenvalue weighted by atomic mass is 32.1. The summed E-state index contributed by atoms with van der Waals surface area (Å²) in [6.45, 7) is 0.740. The van der Waals surface area contributed by atoms with Gasteiger partial charge in [-0.25, -0.2) is 0 Å². The smallest absolute Gasteiger partial charge is 0.227 e. The molecule has 0 radical (unpaired) electrons. The number of nitrogens with one attached hydrogen (secondary N) is 1. The molecule has 0 bridgehead atoms. The quantitative estimate of drug-likeness (QED) is 0.833. The topological polar surface area (TPSA) is 68.0 Å². The van der Waals surface area contributed by atoms with Crippen LogP contribution < -0.4 is 5.32 Å². The van der Waals surface area contributed by atoms with Gasteiger partial charge in [0.1, 0.15) is 0 Å². The summed E-state index contributed by atoms with van der Waals surface area (Å²) in [5, 5.41) is 9.27. The highest BCUT2D eigenvalue weighted by molar-refractivity contribution is 7.10. The van der Waals surface area contributed by atoms with Crippen molar-refractivity contribution in [1.82, 2.24) is 15.5 Å². The lowest BCUT2D eigenvalue weighted by atomic mass is 9.84. The molecular formula is C18H23N3O2S. The van der Waals surface area contributed by atoms with E-state index in [1.54, 1.807) is 0 Å². The van der Waals surface area contributed by atoms with Crippen molar-refractivity contribution < 1.29 is 9.32 Å². The van der Waals surface area contributed by atoms with E-state index in [-0.39, 0.29) is 11.3 Å². The standard InChI is InChI=1S/C18H23N3O2S/c22-15(7-8-16-20-17(21-23-16)13-5-6-13)19-12-18(9-1-2-10-18)14-4-3-11-24-14/h3-4,11,13H,1-2,5-10,12H2,(H,19,22). The number of nitrogens with zero attached hydrogens (tertiary/aromatic N) is 2. The van der Waals surface area contributed by atoms with Crippen molar-refractivity contribution in [2.45, 2.75) is 62.7 Å². The van der Waals surface area contributed by atoms with E-state index in [0.717, 1.165) is 25.2 Å². The Balaban J connectivity index is 1.29. The van der Waals surface area contributed by atoms with Gasteiger partial charge in [-0.05, 0) is 37.1 Å². The summed E-state index contributed by atoms with van der Waals surface area (Å²) in [4.78, 5) is 18.0. The van der Waals surface area contributed by atoms with Crippen LogP contribution in [0.5, 0.6) is 0 Å². The molecule has 2 aromatic rings. The van der Waals surface area contributed by atoms with Gasteiger partial charge in [0, 0.05) is 35.6 Å². The first-order valence-corrected chi connectivity index (χ1v) is 9.76. The van der Waals surface area contributed by atoms with Crippen molar-refractivity contribution in [1.29, 1.82) is 0 Å². The number of carbonyl (C=O) groups excluding carboxylic acids is 1. The van der Waals surface area contributed by atoms with Gasteiger partial charge in [-0.3, -0.25) is 4.79 Å². The van der Waals surface area contributed by atoms with E-state index in [9.17, 15) is 4.79 Å². The lowest BCUT2D eigenvalue weighted by molar-refractivity contribution is -0.121. The predicted octanol–water partition coefficient (Wildman–Crippen LogP) is 3.57. The largest absolute Gasteiger partial charge is 0.355 e. The Labute approximate surface area is 145 Å². The second-order valence-electron chi connectivity index (χ2n) is 7.06. The predicted molar refractivity (Wildman–Crippen MR) is 92.1 cm³/mol. The summed E-state index contributed by atoms with van der Waals surface area (Å²) < 4.78 is 5.23. The van der Waals surface area contributed by atoms with Crippen molar-refractivity contribution in [2.75, 3.05) is 6.54 Å². The van der Waals surface area contributed by atoms with Gasteiger partial charge >= 0.3 is 0 Å². The molecule has 0 aromatic carbocycles. The summed E-state index contributed by atoms with van der Waals surface area (Å²) in [5.41, 5.74) is 0.146. The van der Waals surface area contributed by atoms with Gasteiger partial charge in [-0.15, -0.1) is 11.3 Å². The van der Waals surface area contributed by atoms with Crippen LogP contribution in [0, 0.1) is 0 Å². The highest BCUT2D eigenvalue weighted by Gasteiger charge is 2.36. The number of hydrogen-bond donors (Lipinski definition) is 1. The Morgan fingerprint density at radius 2 is 2.21 bits per heavy atom. The maximum absolute atomic E-state index is 12.2. The van der Waals surface area contributed by atoms with Crippen molar-refractivity contribution in [3.63, 3.8) is 0 Å². The molecule has 0 atom stereocenters. The molecule has 128 valence electrons. The number of rotatable bonds is 7. The van der Waals surface area contributed by atoms with Crippen LogP contribution in [0.25, 0.3) is 0 Å². The van der Waals surface area contributed by atoms with Crippen LogP contribution >= 0.6 is 11.3 Å². The SMILES string of the molecule is O=C(CCc1nc(C2CC2)no1)NCC1(c2cccs2)CCCC1. The molecule has 2 saturated carbocycles. The molecule has 2 fully saturated rings. The molecule has 5 nitrogen and oxygen atoms in total. The van der Waals surface area contributed by atoms with E-state index in [0.29, 0.717) is 24.7 Å². The zero-order valence-corrected chi connectivity index (χ0v) is 14.6. The number of aromatic nitrogens is 2. The van der Waals surface area contributed by atoms with Crippen LogP contribution in [0.4, 0.5) is 0 Å². The van der Waals surface area contributed by atoms with Gasteiger partial charge in [0.25, 0.3) is 0 Å². The summed E-state index contributed by atoms with van der Waals surface area (Å²) in [7, 11) is 0. The molecule has 2 heterocycles. The van der Waals surface area contributed by atoms with Gasteiger partial charge in [-0.1, -0.05) is 24.1 Å². The Kier molecular flexibility index (Phi) is 4.39. The summed E-state index contributed by atoms with van der Waals surface area (Å²) in [6.07, 6.45) is 8.09. The zero-order chi connectivity index (χ0) is 16.4. The summed E-state index contributed by atoms with van der Waals surface area (Å²) in [5.74, 6) is 1.96. The lowest BCUT2D eigenvalue weighted by Crippen LogP contribution is -2.38. The maximum atomic E-state index is 12.2. The van der Waals surface area contributed by atoms with Crippen molar-refractivity contribution >= 4 is 17.2 Å². The second kappa shape index (κ2) is 6.67. The normalized spacial score (nSPS) is 19.5. The first kappa shape index (κ1) is 15.8. The Hall–Kier alpha value is -1.69. The number of hydrogen-bond acceptors (Lipinski definition) is 5. The van der Waals surface area contributed by atoms with E-state index in [4.69, 9.17) is 4.52 Å². The average Bonchev–Trinajstić information content (AvgIpc) is 3.05. The zero-order valence-electron chi connectivity index (χ0n) is 13.8.